The summed E-state index contributed by atoms with van der Waals surface area (Å²) in [5.41, 5.74) is 2.46. The smallest absolute Gasteiger partial charge is 0.356 e. The van der Waals surface area contributed by atoms with E-state index in [9.17, 15) is 4.79 Å². The summed E-state index contributed by atoms with van der Waals surface area (Å²) < 4.78 is 6.14. The first-order valence-electron chi connectivity index (χ1n) is 6.74. The van der Waals surface area contributed by atoms with Crippen LogP contribution >= 0.6 is 15.9 Å². The summed E-state index contributed by atoms with van der Waals surface area (Å²) in [6.45, 7) is 6.16. The molecule has 1 heterocycles. The Hall–Kier alpha value is -1.16. The summed E-state index contributed by atoms with van der Waals surface area (Å²) in [7, 11) is 0. The highest BCUT2D eigenvalue weighted by Gasteiger charge is 2.17. The van der Waals surface area contributed by atoms with Gasteiger partial charge < -0.3 is 4.74 Å². The van der Waals surface area contributed by atoms with Crippen molar-refractivity contribution in [2.45, 2.75) is 40.0 Å². The fourth-order valence-corrected chi connectivity index (χ4v) is 2.58. The van der Waals surface area contributed by atoms with Crippen LogP contribution in [0.3, 0.4) is 0 Å². The van der Waals surface area contributed by atoms with Gasteiger partial charge in [-0.2, -0.15) is 0 Å². The zero-order chi connectivity index (χ0) is 14.3. The predicted octanol–water partition coefficient (Wildman–Crippen LogP) is 4.57. The molecular weight excluding hydrogens is 306 g/mol. The van der Waals surface area contributed by atoms with Gasteiger partial charge in [0.15, 0.2) is 0 Å². The molecule has 0 spiro atoms. The second-order valence-corrected chi connectivity index (χ2v) is 4.82. The second kappa shape index (κ2) is 8.10. The van der Waals surface area contributed by atoms with Crippen LogP contribution in [0.5, 0.6) is 0 Å². The number of pyridine rings is 1. The highest BCUT2D eigenvalue weighted by molar-refractivity contribution is 9.11. The number of carbonyl (C=O) groups is 1. The number of nitrogens with zero attached hydrogens (tertiary/aromatic N) is 1. The molecule has 104 valence electrons. The molecule has 2 rings (SSSR count). The van der Waals surface area contributed by atoms with Crippen LogP contribution in [0.1, 0.15) is 56.2 Å². The van der Waals surface area contributed by atoms with Crippen LogP contribution < -0.4 is 0 Å². The first-order chi connectivity index (χ1) is 9.22. The number of rotatable bonds is 3. The van der Waals surface area contributed by atoms with Crippen LogP contribution in [0.4, 0.5) is 0 Å². The average molecular weight is 326 g/mol. The van der Waals surface area contributed by atoms with Crippen LogP contribution in [0.25, 0.3) is 5.57 Å². The Balaban J connectivity index is 0.000000861. The van der Waals surface area contributed by atoms with Crippen molar-refractivity contribution in [2.24, 2.45) is 0 Å². The van der Waals surface area contributed by atoms with Crippen molar-refractivity contribution >= 4 is 27.5 Å². The number of carbonyl (C=O) groups excluding carboxylic acids is 1. The Kier molecular flexibility index (Phi) is 6.78. The molecule has 0 bridgehead atoms. The summed E-state index contributed by atoms with van der Waals surface area (Å²) in [4.78, 5) is 15.9. The maximum atomic E-state index is 11.6. The lowest BCUT2D eigenvalue weighted by molar-refractivity contribution is 0.0519. The minimum Gasteiger partial charge on any atom is -0.461 e. The maximum Gasteiger partial charge on any atom is 0.356 e. The van der Waals surface area contributed by atoms with E-state index in [1.807, 2.05) is 26.0 Å². The lowest BCUT2D eigenvalue weighted by atomic mass is 10.1. The van der Waals surface area contributed by atoms with Gasteiger partial charge in [0.25, 0.3) is 0 Å². The third-order valence-electron chi connectivity index (χ3n) is 2.69. The summed E-state index contributed by atoms with van der Waals surface area (Å²) in [5, 5.41) is 0. The Bertz CT molecular complexity index is 469. The number of esters is 1. The van der Waals surface area contributed by atoms with E-state index in [0.717, 1.165) is 25.0 Å². The Morgan fingerprint density at radius 2 is 2.11 bits per heavy atom. The van der Waals surface area contributed by atoms with E-state index in [-0.39, 0.29) is 5.97 Å². The zero-order valence-corrected chi connectivity index (χ0v) is 13.3. The van der Waals surface area contributed by atoms with Gasteiger partial charge in [-0.3, -0.25) is 0 Å². The lowest BCUT2D eigenvalue weighted by Gasteiger charge is -2.05. The molecule has 0 saturated carbocycles. The fraction of sp³-hybridized carbons (Fsp3) is 0.467. The van der Waals surface area contributed by atoms with Gasteiger partial charge in [-0.1, -0.05) is 35.8 Å². The Morgan fingerprint density at radius 1 is 1.37 bits per heavy atom. The second-order valence-electron chi connectivity index (χ2n) is 3.87. The first kappa shape index (κ1) is 15.9. The van der Waals surface area contributed by atoms with Crippen molar-refractivity contribution in [3.05, 3.63) is 34.1 Å². The summed E-state index contributed by atoms with van der Waals surface area (Å²) in [6, 6.07) is 5.47. The molecule has 1 aliphatic rings. The van der Waals surface area contributed by atoms with Crippen LogP contribution in [0, 0.1) is 0 Å². The molecular formula is C15H20BrNO2. The normalized spacial score (nSPS) is 13.9. The molecule has 0 fully saturated rings. The molecule has 0 aromatic carbocycles. The minimum absolute atomic E-state index is 0.357. The van der Waals surface area contributed by atoms with Gasteiger partial charge in [0.05, 0.1) is 12.3 Å². The highest BCUT2D eigenvalue weighted by Crippen LogP contribution is 2.36. The molecule has 1 aromatic rings. The van der Waals surface area contributed by atoms with E-state index in [2.05, 4.69) is 20.9 Å². The Labute approximate surface area is 123 Å². The maximum absolute atomic E-state index is 11.6. The molecule has 0 amide bonds. The fourth-order valence-electron chi connectivity index (χ4n) is 1.90. The topological polar surface area (TPSA) is 39.2 Å². The average Bonchev–Trinajstić information content (AvgIpc) is 2.88. The van der Waals surface area contributed by atoms with Gasteiger partial charge in [-0.25, -0.2) is 9.78 Å². The molecule has 0 atom stereocenters. The van der Waals surface area contributed by atoms with Gasteiger partial charge >= 0.3 is 5.97 Å². The number of allylic oxidation sites excluding steroid dienone is 2. The summed E-state index contributed by atoms with van der Waals surface area (Å²) in [5.74, 6) is -0.357. The number of aromatic nitrogens is 1. The van der Waals surface area contributed by atoms with Crippen LogP contribution in [0.15, 0.2) is 22.7 Å². The standard InChI is InChI=1S/C13H14BrNO2.C2H6/c1-2-17-13(16)12-8-4-7-11(15-12)9-5-3-6-10(9)14;1-2/h4,7-8H,2-3,5-6H2,1H3;1-2H3. The van der Waals surface area contributed by atoms with Crippen molar-refractivity contribution in [3.63, 3.8) is 0 Å². The minimum atomic E-state index is -0.357. The van der Waals surface area contributed by atoms with E-state index >= 15 is 0 Å². The summed E-state index contributed by atoms with van der Waals surface area (Å²) in [6.07, 6.45) is 3.21. The first-order valence-corrected chi connectivity index (χ1v) is 7.53. The largest absolute Gasteiger partial charge is 0.461 e. The molecule has 1 aromatic heterocycles. The molecule has 0 N–H and O–H groups in total. The molecule has 0 saturated heterocycles. The zero-order valence-electron chi connectivity index (χ0n) is 11.7. The predicted molar refractivity (Wildman–Crippen MR) is 81.2 cm³/mol. The van der Waals surface area contributed by atoms with Gasteiger partial charge in [0.1, 0.15) is 5.69 Å². The molecule has 4 heteroatoms. The third-order valence-corrected chi connectivity index (χ3v) is 3.57. The molecule has 1 aliphatic carbocycles. The lowest BCUT2D eigenvalue weighted by Crippen LogP contribution is -2.07. The number of halogens is 1. The van der Waals surface area contributed by atoms with E-state index < -0.39 is 0 Å². The van der Waals surface area contributed by atoms with Gasteiger partial charge in [-0.05, 0) is 43.9 Å². The van der Waals surface area contributed by atoms with Crippen LogP contribution in [0.2, 0.25) is 0 Å². The summed E-state index contributed by atoms with van der Waals surface area (Å²) >= 11 is 3.56. The Morgan fingerprint density at radius 3 is 2.68 bits per heavy atom. The van der Waals surface area contributed by atoms with Gasteiger partial charge in [-0.15, -0.1) is 0 Å². The van der Waals surface area contributed by atoms with E-state index in [1.165, 1.54) is 10.1 Å². The monoisotopic (exact) mass is 325 g/mol. The SMILES string of the molecule is CC.CCOC(=O)c1cccc(C2=C(Br)CCC2)n1. The van der Waals surface area contributed by atoms with Crippen molar-refractivity contribution in [3.8, 4) is 0 Å². The van der Waals surface area contributed by atoms with E-state index in [4.69, 9.17) is 4.74 Å². The molecule has 0 aliphatic heterocycles. The quantitative estimate of drug-likeness (QED) is 0.764. The van der Waals surface area contributed by atoms with Crippen LogP contribution in [-0.2, 0) is 4.74 Å². The number of hydrogen-bond donors (Lipinski definition) is 0. The molecule has 0 unspecified atom stereocenters. The molecule has 19 heavy (non-hydrogen) atoms. The van der Waals surface area contributed by atoms with Gasteiger partial charge in [0, 0.05) is 4.48 Å². The highest BCUT2D eigenvalue weighted by atomic mass is 79.9. The molecule has 0 radical (unpaired) electrons. The van der Waals surface area contributed by atoms with Crippen LogP contribution in [-0.4, -0.2) is 17.6 Å². The third kappa shape index (κ3) is 4.16. The van der Waals surface area contributed by atoms with Crippen molar-refractivity contribution < 1.29 is 9.53 Å². The van der Waals surface area contributed by atoms with E-state index in [0.29, 0.717) is 12.3 Å². The number of hydrogen-bond acceptors (Lipinski definition) is 3. The van der Waals surface area contributed by atoms with Gasteiger partial charge in [0.2, 0.25) is 0 Å². The number of ether oxygens (including phenoxy) is 1. The van der Waals surface area contributed by atoms with E-state index in [1.54, 1.807) is 13.0 Å². The van der Waals surface area contributed by atoms with Crippen molar-refractivity contribution in [1.29, 1.82) is 0 Å². The molecule has 3 nitrogen and oxygen atoms in total. The van der Waals surface area contributed by atoms with Crippen molar-refractivity contribution in [1.82, 2.24) is 4.98 Å². The van der Waals surface area contributed by atoms with Crippen molar-refractivity contribution in [2.75, 3.05) is 6.61 Å².